The summed E-state index contributed by atoms with van der Waals surface area (Å²) in [5.74, 6) is 2.49. The first-order chi connectivity index (χ1) is 7.65. The normalized spacial score (nSPS) is 14.5. The summed E-state index contributed by atoms with van der Waals surface area (Å²) in [6, 6.07) is 0.553. The summed E-state index contributed by atoms with van der Waals surface area (Å²) in [4.78, 5) is 10.9. The maximum absolute atomic E-state index is 10.9. The van der Waals surface area contributed by atoms with E-state index in [0.29, 0.717) is 18.4 Å². The first kappa shape index (κ1) is 15.8. The second-order valence-electron chi connectivity index (χ2n) is 3.95. The average molecular weight is 247 g/mol. The summed E-state index contributed by atoms with van der Waals surface area (Å²) < 4.78 is 4.61. The summed E-state index contributed by atoms with van der Waals surface area (Å²) >= 11 is 1.83. The van der Waals surface area contributed by atoms with E-state index in [9.17, 15) is 4.79 Å². The molecule has 0 aromatic heterocycles. The van der Waals surface area contributed by atoms with Crippen molar-refractivity contribution in [3.05, 3.63) is 0 Å². The average Bonchev–Trinajstić information content (AvgIpc) is 2.31. The van der Waals surface area contributed by atoms with Crippen molar-refractivity contribution < 1.29 is 9.53 Å². The summed E-state index contributed by atoms with van der Waals surface area (Å²) in [6.07, 6.45) is 1.70. The van der Waals surface area contributed by atoms with Crippen LogP contribution in [0.25, 0.3) is 0 Å². The second kappa shape index (κ2) is 9.97. The SMILES string of the molecule is CCNC(CSCCC(=O)OC)C(C)CC. The van der Waals surface area contributed by atoms with Gasteiger partial charge in [0.15, 0.2) is 0 Å². The Balaban J connectivity index is 3.71. The van der Waals surface area contributed by atoms with Gasteiger partial charge in [0.25, 0.3) is 0 Å². The van der Waals surface area contributed by atoms with E-state index in [-0.39, 0.29) is 5.97 Å². The van der Waals surface area contributed by atoms with Crippen LogP contribution in [0.1, 0.15) is 33.6 Å². The number of thioether (sulfide) groups is 1. The zero-order valence-corrected chi connectivity index (χ0v) is 11.7. The highest BCUT2D eigenvalue weighted by atomic mass is 32.2. The molecule has 1 N–H and O–H groups in total. The lowest BCUT2D eigenvalue weighted by molar-refractivity contribution is -0.140. The molecule has 0 aliphatic rings. The molecule has 0 bridgehead atoms. The predicted molar refractivity (Wildman–Crippen MR) is 70.9 cm³/mol. The summed E-state index contributed by atoms with van der Waals surface area (Å²) in [5.41, 5.74) is 0. The van der Waals surface area contributed by atoms with Crippen molar-refractivity contribution in [2.45, 2.75) is 39.7 Å². The van der Waals surface area contributed by atoms with Gasteiger partial charge in [-0.05, 0) is 12.5 Å². The van der Waals surface area contributed by atoms with Crippen LogP contribution in [-0.4, -0.2) is 37.2 Å². The fourth-order valence-corrected chi connectivity index (χ4v) is 2.62. The van der Waals surface area contributed by atoms with Gasteiger partial charge < -0.3 is 10.1 Å². The van der Waals surface area contributed by atoms with Crippen molar-refractivity contribution >= 4 is 17.7 Å². The van der Waals surface area contributed by atoms with Gasteiger partial charge in [-0.1, -0.05) is 27.2 Å². The van der Waals surface area contributed by atoms with E-state index in [1.807, 2.05) is 11.8 Å². The van der Waals surface area contributed by atoms with Gasteiger partial charge in [0.05, 0.1) is 13.5 Å². The fourth-order valence-electron chi connectivity index (χ4n) is 1.44. The summed E-state index contributed by atoms with van der Waals surface area (Å²) in [6.45, 7) is 7.63. The Morgan fingerprint density at radius 2 is 2.12 bits per heavy atom. The third-order valence-electron chi connectivity index (χ3n) is 2.77. The van der Waals surface area contributed by atoms with Crippen LogP contribution >= 0.6 is 11.8 Å². The minimum absolute atomic E-state index is 0.115. The van der Waals surface area contributed by atoms with Crippen LogP contribution in [0.4, 0.5) is 0 Å². The highest BCUT2D eigenvalue weighted by Crippen LogP contribution is 2.14. The summed E-state index contributed by atoms with van der Waals surface area (Å²) in [7, 11) is 1.44. The van der Waals surface area contributed by atoms with E-state index in [1.54, 1.807) is 0 Å². The minimum atomic E-state index is -0.115. The van der Waals surface area contributed by atoms with Crippen molar-refractivity contribution in [2.24, 2.45) is 5.92 Å². The molecule has 0 saturated carbocycles. The number of nitrogens with one attached hydrogen (secondary N) is 1. The molecule has 0 aliphatic carbocycles. The lowest BCUT2D eigenvalue weighted by Crippen LogP contribution is -2.36. The zero-order chi connectivity index (χ0) is 12.4. The predicted octanol–water partition coefficient (Wildman–Crippen LogP) is 2.31. The van der Waals surface area contributed by atoms with E-state index in [4.69, 9.17) is 0 Å². The van der Waals surface area contributed by atoms with Crippen LogP contribution in [0.5, 0.6) is 0 Å². The Morgan fingerprint density at radius 3 is 2.62 bits per heavy atom. The molecule has 0 aliphatic heterocycles. The molecule has 0 rings (SSSR count). The molecule has 96 valence electrons. The Morgan fingerprint density at radius 1 is 1.44 bits per heavy atom. The van der Waals surface area contributed by atoms with Gasteiger partial charge in [0.1, 0.15) is 0 Å². The number of carbonyl (C=O) groups is 1. The first-order valence-corrected chi connectivity index (χ1v) is 7.19. The molecule has 2 unspecified atom stereocenters. The smallest absolute Gasteiger partial charge is 0.306 e. The van der Waals surface area contributed by atoms with Gasteiger partial charge in [0.2, 0.25) is 0 Å². The van der Waals surface area contributed by atoms with E-state index >= 15 is 0 Å². The fraction of sp³-hybridized carbons (Fsp3) is 0.917. The van der Waals surface area contributed by atoms with Gasteiger partial charge in [-0.2, -0.15) is 11.8 Å². The number of methoxy groups -OCH3 is 1. The molecule has 0 saturated heterocycles. The van der Waals surface area contributed by atoms with Crippen molar-refractivity contribution in [1.29, 1.82) is 0 Å². The van der Waals surface area contributed by atoms with Crippen LogP contribution in [0.3, 0.4) is 0 Å². The largest absolute Gasteiger partial charge is 0.469 e. The molecule has 0 radical (unpaired) electrons. The van der Waals surface area contributed by atoms with Crippen LogP contribution < -0.4 is 5.32 Å². The monoisotopic (exact) mass is 247 g/mol. The molecule has 0 aromatic carbocycles. The molecule has 4 heteroatoms. The number of carbonyl (C=O) groups excluding carboxylic acids is 1. The maximum Gasteiger partial charge on any atom is 0.306 e. The molecule has 0 fully saturated rings. The van der Waals surface area contributed by atoms with Crippen molar-refractivity contribution in [2.75, 3.05) is 25.2 Å². The third-order valence-corrected chi connectivity index (χ3v) is 3.86. The van der Waals surface area contributed by atoms with Crippen LogP contribution in [-0.2, 0) is 9.53 Å². The van der Waals surface area contributed by atoms with Crippen molar-refractivity contribution in [3.8, 4) is 0 Å². The molecule has 16 heavy (non-hydrogen) atoms. The van der Waals surface area contributed by atoms with Crippen LogP contribution in [0.15, 0.2) is 0 Å². The lowest BCUT2D eigenvalue weighted by atomic mass is 10.0. The van der Waals surface area contributed by atoms with Gasteiger partial charge in [0, 0.05) is 17.5 Å². The van der Waals surface area contributed by atoms with E-state index in [2.05, 4.69) is 30.8 Å². The number of rotatable bonds is 9. The van der Waals surface area contributed by atoms with E-state index < -0.39 is 0 Å². The highest BCUT2D eigenvalue weighted by Gasteiger charge is 2.14. The Labute approximate surface area is 104 Å². The standard InChI is InChI=1S/C12H25NO2S/c1-5-10(3)11(13-6-2)9-16-8-7-12(14)15-4/h10-11,13H,5-9H2,1-4H3. The highest BCUT2D eigenvalue weighted by molar-refractivity contribution is 7.99. The van der Waals surface area contributed by atoms with Gasteiger partial charge in [-0.3, -0.25) is 4.79 Å². The van der Waals surface area contributed by atoms with Crippen molar-refractivity contribution in [3.63, 3.8) is 0 Å². The maximum atomic E-state index is 10.9. The van der Waals surface area contributed by atoms with Gasteiger partial charge in [-0.25, -0.2) is 0 Å². The number of esters is 1. The van der Waals surface area contributed by atoms with E-state index in [1.165, 1.54) is 13.5 Å². The van der Waals surface area contributed by atoms with E-state index in [0.717, 1.165) is 18.1 Å². The second-order valence-corrected chi connectivity index (χ2v) is 5.10. The molecule has 2 atom stereocenters. The molecule has 3 nitrogen and oxygen atoms in total. The molecule has 0 aromatic rings. The van der Waals surface area contributed by atoms with Crippen LogP contribution in [0.2, 0.25) is 0 Å². The number of ether oxygens (including phenoxy) is 1. The molecule has 0 spiro atoms. The van der Waals surface area contributed by atoms with Gasteiger partial charge in [-0.15, -0.1) is 0 Å². The third kappa shape index (κ3) is 7.12. The molecular formula is C12H25NO2S. The number of hydrogen-bond donors (Lipinski definition) is 1. The first-order valence-electron chi connectivity index (χ1n) is 6.03. The van der Waals surface area contributed by atoms with Crippen molar-refractivity contribution in [1.82, 2.24) is 5.32 Å². The number of hydrogen-bond acceptors (Lipinski definition) is 4. The zero-order valence-electron chi connectivity index (χ0n) is 10.9. The Bertz CT molecular complexity index is 188. The van der Waals surface area contributed by atoms with Crippen LogP contribution in [0, 0.1) is 5.92 Å². The molecule has 0 amide bonds. The quantitative estimate of drug-likeness (QED) is 0.501. The lowest BCUT2D eigenvalue weighted by Gasteiger charge is -2.23. The topological polar surface area (TPSA) is 38.3 Å². The minimum Gasteiger partial charge on any atom is -0.469 e. The Hall–Kier alpha value is -0.220. The molecule has 0 heterocycles. The molecular weight excluding hydrogens is 222 g/mol. The Kier molecular flexibility index (Phi) is 9.83. The van der Waals surface area contributed by atoms with Gasteiger partial charge >= 0.3 is 5.97 Å². The summed E-state index contributed by atoms with van der Waals surface area (Å²) in [5, 5.41) is 3.50.